The molecule has 2 amide bonds. The summed E-state index contributed by atoms with van der Waals surface area (Å²) >= 11 is 12.0. The van der Waals surface area contributed by atoms with Crippen LogP contribution in [-0.4, -0.2) is 36.9 Å². The first kappa shape index (κ1) is 20.8. The quantitative estimate of drug-likeness (QED) is 0.688. The van der Waals surface area contributed by atoms with E-state index < -0.39 is 0 Å². The van der Waals surface area contributed by atoms with Crippen LogP contribution in [0, 0.1) is 0 Å². The van der Waals surface area contributed by atoms with Crippen LogP contribution in [-0.2, 0) is 9.59 Å². The third kappa shape index (κ3) is 6.31. The summed E-state index contributed by atoms with van der Waals surface area (Å²) in [5.74, 6) is 0.0412. The standard InChI is InChI=1S/C20H20Cl2N2O3/c1-3-24(13-19(25)23-16-5-4-6-17(12-16)27-2)20(26)10-7-14-11-15(21)8-9-18(14)22/h4-12H,3,13H2,1-2H3,(H,23,25)/b10-7+. The molecule has 0 bridgehead atoms. The van der Waals surface area contributed by atoms with Crippen molar-refractivity contribution < 1.29 is 14.3 Å². The second-order valence-corrected chi connectivity index (χ2v) is 6.48. The zero-order valence-corrected chi connectivity index (χ0v) is 16.6. The number of hydrogen-bond acceptors (Lipinski definition) is 3. The summed E-state index contributed by atoms with van der Waals surface area (Å²) in [4.78, 5) is 26.1. The third-order valence-electron chi connectivity index (χ3n) is 3.74. The first-order chi connectivity index (χ1) is 12.9. The number of rotatable bonds is 7. The summed E-state index contributed by atoms with van der Waals surface area (Å²) in [6.45, 7) is 2.12. The van der Waals surface area contributed by atoms with Gasteiger partial charge in [-0.05, 0) is 48.9 Å². The molecule has 5 nitrogen and oxygen atoms in total. The molecule has 0 saturated heterocycles. The number of carbonyl (C=O) groups excluding carboxylic acids is 2. The molecule has 2 aromatic carbocycles. The van der Waals surface area contributed by atoms with Crippen molar-refractivity contribution in [2.24, 2.45) is 0 Å². The van der Waals surface area contributed by atoms with Gasteiger partial charge in [-0.3, -0.25) is 9.59 Å². The van der Waals surface area contributed by atoms with Gasteiger partial charge in [-0.25, -0.2) is 0 Å². The van der Waals surface area contributed by atoms with Crippen LogP contribution in [0.2, 0.25) is 10.0 Å². The van der Waals surface area contributed by atoms with Gasteiger partial charge in [0.1, 0.15) is 12.3 Å². The van der Waals surface area contributed by atoms with Gasteiger partial charge < -0.3 is 15.0 Å². The number of likely N-dealkylation sites (N-methyl/N-ethyl adjacent to an activating group) is 1. The van der Waals surface area contributed by atoms with E-state index in [1.54, 1.807) is 62.6 Å². The molecule has 0 aromatic heterocycles. The Kier molecular flexibility index (Phi) is 7.70. The van der Waals surface area contributed by atoms with Crippen LogP contribution in [0.25, 0.3) is 6.08 Å². The number of carbonyl (C=O) groups is 2. The van der Waals surface area contributed by atoms with Crippen LogP contribution in [0.5, 0.6) is 5.75 Å². The molecule has 7 heteroatoms. The molecule has 0 saturated carbocycles. The molecule has 0 radical (unpaired) electrons. The minimum absolute atomic E-state index is 0.0693. The Morgan fingerprint density at radius 3 is 2.67 bits per heavy atom. The lowest BCUT2D eigenvalue weighted by molar-refractivity contribution is -0.130. The Hall–Kier alpha value is -2.50. The van der Waals surface area contributed by atoms with Crippen LogP contribution in [0.15, 0.2) is 48.5 Å². The van der Waals surface area contributed by atoms with Gasteiger partial charge in [0.15, 0.2) is 0 Å². The van der Waals surface area contributed by atoms with E-state index in [1.807, 2.05) is 0 Å². The van der Waals surface area contributed by atoms with Crippen molar-refractivity contribution in [1.82, 2.24) is 4.90 Å². The van der Waals surface area contributed by atoms with E-state index in [0.29, 0.717) is 33.6 Å². The van der Waals surface area contributed by atoms with E-state index in [0.717, 1.165) is 0 Å². The van der Waals surface area contributed by atoms with Crippen molar-refractivity contribution in [2.45, 2.75) is 6.92 Å². The molecule has 0 aliphatic carbocycles. The van der Waals surface area contributed by atoms with E-state index in [2.05, 4.69) is 5.32 Å². The fourth-order valence-electron chi connectivity index (χ4n) is 2.33. The lowest BCUT2D eigenvalue weighted by Gasteiger charge is -2.18. The smallest absolute Gasteiger partial charge is 0.247 e. The molecule has 0 aliphatic rings. The van der Waals surface area contributed by atoms with Crippen LogP contribution < -0.4 is 10.1 Å². The Balaban J connectivity index is 2.00. The summed E-state index contributed by atoms with van der Waals surface area (Å²) in [6, 6.07) is 12.0. The lowest BCUT2D eigenvalue weighted by Crippen LogP contribution is -2.36. The highest BCUT2D eigenvalue weighted by Gasteiger charge is 2.14. The van der Waals surface area contributed by atoms with Crippen LogP contribution >= 0.6 is 23.2 Å². The highest BCUT2D eigenvalue weighted by Crippen LogP contribution is 2.22. The van der Waals surface area contributed by atoms with Crippen molar-refractivity contribution >= 4 is 46.8 Å². The van der Waals surface area contributed by atoms with E-state index in [-0.39, 0.29) is 18.4 Å². The molecule has 0 fully saturated rings. The Morgan fingerprint density at radius 2 is 1.96 bits per heavy atom. The van der Waals surface area contributed by atoms with Gasteiger partial charge in [-0.1, -0.05) is 29.3 Å². The molecule has 0 heterocycles. The van der Waals surface area contributed by atoms with Gasteiger partial charge >= 0.3 is 0 Å². The molecule has 0 atom stereocenters. The number of nitrogens with zero attached hydrogens (tertiary/aromatic N) is 1. The number of nitrogens with one attached hydrogen (secondary N) is 1. The Morgan fingerprint density at radius 1 is 1.19 bits per heavy atom. The molecule has 0 unspecified atom stereocenters. The average Bonchev–Trinajstić information content (AvgIpc) is 2.66. The van der Waals surface area contributed by atoms with Crippen LogP contribution in [0.3, 0.4) is 0 Å². The largest absolute Gasteiger partial charge is 0.497 e. The first-order valence-electron chi connectivity index (χ1n) is 8.29. The number of anilines is 1. The zero-order valence-electron chi connectivity index (χ0n) is 15.0. The highest BCUT2D eigenvalue weighted by molar-refractivity contribution is 6.34. The molecule has 142 valence electrons. The summed E-state index contributed by atoms with van der Waals surface area (Å²) in [5.41, 5.74) is 1.23. The number of amides is 2. The zero-order chi connectivity index (χ0) is 19.8. The van der Waals surface area contributed by atoms with Crippen molar-refractivity contribution in [3.05, 3.63) is 64.1 Å². The minimum Gasteiger partial charge on any atom is -0.497 e. The van der Waals surface area contributed by atoms with E-state index in [1.165, 1.54) is 11.0 Å². The van der Waals surface area contributed by atoms with Crippen molar-refractivity contribution in [2.75, 3.05) is 25.5 Å². The molecule has 0 aliphatic heterocycles. The monoisotopic (exact) mass is 406 g/mol. The molecule has 2 rings (SSSR count). The summed E-state index contributed by atoms with van der Waals surface area (Å²) in [6.07, 6.45) is 2.96. The number of halogens is 2. The number of benzene rings is 2. The maximum atomic E-state index is 12.4. The normalized spacial score (nSPS) is 10.7. The van der Waals surface area contributed by atoms with Crippen LogP contribution in [0.1, 0.15) is 12.5 Å². The number of hydrogen-bond donors (Lipinski definition) is 1. The van der Waals surface area contributed by atoms with E-state index in [4.69, 9.17) is 27.9 Å². The third-order valence-corrected chi connectivity index (χ3v) is 4.32. The fourth-order valence-corrected chi connectivity index (χ4v) is 2.69. The summed E-state index contributed by atoms with van der Waals surface area (Å²) in [7, 11) is 1.55. The highest BCUT2D eigenvalue weighted by atomic mass is 35.5. The Labute approximate surface area is 168 Å². The van der Waals surface area contributed by atoms with Gasteiger partial charge in [0.2, 0.25) is 11.8 Å². The molecule has 2 aromatic rings. The summed E-state index contributed by atoms with van der Waals surface area (Å²) < 4.78 is 5.12. The maximum Gasteiger partial charge on any atom is 0.247 e. The van der Waals surface area contributed by atoms with Gasteiger partial charge in [0.05, 0.1) is 7.11 Å². The predicted octanol–water partition coefficient (Wildman–Crippen LogP) is 4.50. The van der Waals surface area contributed by atoms with Gasteiger partial charge in [0, 0.05) is 34.4 Å². The molecule has 27 heavy (non-hydrogen) atoms. The fraction of sp³-hybridized carbons (Fsp3) is 0.200. The van der Waals surface area contributed by atoms with Crippen molar-refractivity contribution in [1.29, 1.82) is 0 Å². The Bertz CT molecular complexity index is 853. The van der Waals surface area contributed by atoms with E-state index >= 15 is 0 Å². The molecule has 0 spiro atoms. The summed E-state index contributed by atoms with van der Waals surface area (Å²) in [5, 5.41) is 3.76. The van der Waals surface area contributed by atoms with Gasteiger partial charge in [0.25, 0.3) is 0 Å². The topological polar surface area (TPSA) is 58.6 Å². The average molecular weight is 407 g/mol. The minimum atomic E-state index is -0.298. The van der Waals surface area contributed by atoms with Crippen molar-refractivity contribution in [3.63, 3.8) is 0 Å². The van der Waals surface area contributed by atoms with Crippen LogP contribution in [0.4, 0.5) is 5.69 Å². The number of ether oxygens (including phenoxy) is 1. The molecule has 1 N–H and O–H groups in total. The number of methoxy groups -OCH3 is 1. The SMILES string of the molecule is CCN(CC(=O)Nc1cccc(OC)c1)C(=O)/C=C/c1cc(Cl)ccc1Cl. The second-order valence-electron chi connectivity index (χ2n) is 5.63. The van der Waals surface area contributed by atoms with Gasteiger partial charge in [-0.15, -0.1) is 0 Å². The molecular weight excluding hydrogens is 387 g/mol. The van der Waals surface area contributed by atoms with Crippen molar-refractivity contribution in [3.8, 4) is 5.75 Å². The molecular formula is C20H20Cl2N2O3. The van der Waals surface area contributed by atoms with Gasteiger partial charge in [-0.2, -0.15) is 0 Å². The maximum absolute atomic E-state index is 12.4. The van der Waals surface area contributed by atoms with E-state index in [9.17, 15) is 9.59 Å². The predicted molar refractivity (Wildman–Crippen MR) is 109 cm³/mol. The lowest BCUT2D eigenvalue weighted by atomic mass is 10.2. The first-order valence-corrected chi connectivity index (χ1v) is 9.04. The second kappa shape index (κ2) is 10.00.